The second kappa shape index (κ2) is 8.44. The zero-order valence-corrected chi connectivity index (χ0v) is 19.6. The molecular formula is C34H23NO. The summed E-state index contributed by atoms with van der Waals surface area (Å²) in [4.78, 5) is 2.31. The van der Waals surface area contributed by atoms with Crippen LogP contribution in [0.4, 0.5) is 17.1 Å². The Morgan fingerprint density at radius 3 is 1.83 bits per heavy atom. The van der Waals surface area contributed by atoms with Crippen LogP contribution in [0.5, 0.6) is 0 Å². The molecule has 2 heteroatoms. The molecule has 170 valence electrons. The first-order chi connectivity index (χ1) is 17.8. The van der Waals surface area contributed by atoms with Gasteiger partial charge >= 0.3 is 0 Å². The van der Waals surface area contributed by atoms with Crippen LogP contribution in [0, 0.1) is 0 Å². The summed E-state index contributed by atoms with van der Waals surface area (Å²) < 4.78 is 6.11. The third-order valence-corrected chi connectivity index (χ3v) is 6.82. The molecule has 0 fully saturated rings. The van der Waals surface area contributed by atoms with Crippen molar-refractivity contribution in [1.82, 2.24) is 0 Å². The summed E-state index contributed by atoms with van der Waals surface area (Å²) in [5.74, 6) is 0. The number of benzene rings is 6. The fourth-order valence-corrected chi connectivity index (χ4v) is 5.05. The lowest BCUT2D eigenvalue weighted by Gasteiger charge is -2.26. The molecule has 2 nitrogen and oxygen atoms in total. The van der Waals surface area contributed by atoms with Crippen molar-refractivity contribution in [2.45, 2.75) is 0 Å². The summed E-state index contributed by atoms with van der Waals surface area (Å²) in [6.45, 7) is 0. The molecule has 7 aromatic rings. The summed E-state index contributed by atoms with van der Waals surface area (Å²) in [5.41, 5.74) is 7.64. The molecule has 6 aromatic carbocycles. The van der Waals surface area contributed by atoms with Gasteiger partial charge in [0.05, 0.1) is 0 Å². The number of rotatable bonds is 4. The highest BCUT2D eigenvalue weighted by atomic mass is 16.3. The minimum atomic E-state index is 0.924. The van der Waals surface area contributed by atoms with E-state index in [-0.39, 0.29) is 0 Å². The van der Waals surface area contributed by atoms with Crippen molar-refractivity contribution < 1.29 is 4.42 Å². The van der Waals surface area contributed by atoms with Gasteiger partial charge in [0.25, 0.3) is 0 Å². The number of anilines is 3. The van der Waals surface area contributed by atoms with Crippen molar-refractivity contribution in [2.24, 2.45) is 0 Å². The maximum absolute atomic E-state index is 6.11. The summed E-state index contributed by atoms with van der Waals surface area (Å²) >= 11 is 0. The van der Waals surface area contributed by atoms with Crippen molar-refractivity contribution in [3.8, 4) is 11.1 Å². The highest BCUT2D eigenvalue weighted by Gasteiger charge is 2.14. The molecule has 1 aromatic heterocycles. The fourth-order valence-electron chi connectivity index (χ4n) is 5.05. The quantitative estimate of drug-likeness (QED) is 0.259. The maximum atomic E-state index is 6.11. The van der Waals surface area contributed by atoms with E-state index in [1.165, 1.54) is 16.5 Å². The Balaban J connectivity index is 1.37. The lowest BCUT2D eigenvalue weighted by Crippen LogP contribution is -2.09. The molecule has 36 heavy (non-hydrogen) atoms. The molecule has 0 saturated carbocycles. The molecule has 0 N–H and O–H groups in total. The lowest BCUT2D eigenvalue weighted by atomic mass is 10.0. The minimum absolute atomic E-state index is 0.924. The van der Waals surface area contributed by atoms with Crippen molar-refractivity contribution >= 4 is 49.8 Å². The Morgan fingerprint density at radius 2 is 1.03 bits per heavy atom. The second-order valence-corrected chi connectivity index (χ2v) is 9.06. The van der Waals surface area contributed by atoms with Gasteiger partial charge < -0.3 is 9.32 Å². The topological polar surface area (TPSA) is 16.4 Å². The van der Waals surface area contributed by atoms with Crippen LogP contribution < -0.4 is 4.90 Å². The van der Waals surface area contributed by atoms with Crippen molar-refractivity contribution in [1.29, 1.82) is 0 Å². The maximum Gasteiger partial charge on any atom is 0.136 e. The predicted octanol–water partition coefficient (Wildman–Crippen LogP) is 9.88. The van der Waals surface area contributed by atoms with Crippen LogP contribution in [0.3, 0.4) is 0 Å². The van der Waals surface area contributed by atoms with Gasteiger partial charge in [-0.1, -0.05) is 84.9 Å². The van der Waals surface area contributed by atoms with E-state index in [9.17, 15) is 0 Å². The predicted molar refractivity (Wildman–Crippen MR) is 151 cm³/mol. The number of hydrogen-bond acceptors (Lipinski definition) is 2. The molecule has 0 aliphatic rings. The summed E-state index contributed by atoms with van der Waals surface area (Å²) in [7, 11) is 0. The van der Waals surface area contributed by atoms with Crippen LogP contribution in [-0.4, -0.2) is 0 Å². The van der Waals surface area contributed by atoms with Gasteiger partial charge in [-0.3, -0.25) is 0 Å². The number of para-hydroxylation sites is 2. The van der Waals surface area contributed by atoms with E-state index in [4.69, 9.17) is 4.42 Å². The standard InChI is InChI=1S/C34H23NO/c1-3-9-24(10-4-1)25-15-18-29(19-16-25)35(28-11-5-2-6-12-28)30-20-17-26-23-34-32(22-27(26)21-30)31-13-7-8-14-33(31)36-34/h1-23H. The molecule has 0 radical (unpaired) electrons. The van der Waals surface area contributed by atoms with Crippen LogP contribution in [-0.2, 0) is 0 Å². The van der Waals surface area contributed by atoms with E-state index in [2.05, 4.69) is 132 Å². The zero-order valence-electron chi connectivity index (χ0n) is 19.6. The minimum Gasteiger partial charge on any atom is -0.456 e. The number of hydrogen-bond donors (Lipinski definition) is 0. The van der Waals surface area contributed by atoms with Crippen LogP contribution in [0.15, 0.2) is 144 Å². The van der Waals surface area contributed by atoms with E-state index in [1.807, 2.05) is 12.1 Å². The summed E-state index contributed by atoms with van der Waals surface area (Å²) in [6, 6.07) is 49.1. The first-order valence-corrected chi connectivity index (χ1v) is 12.2. The van der Waals surface area contributed by atoms with Gasteiger partial charge in [-0.2, -0.15) is 0 Å². The van der Waals surface area contributed by atoms with E-state index >= 15 is 0 Å². The molecule has 0 bridgehead atoms. The SMILES string of the molecule is c1ccc(-c2ccc(N(c3ccccc3)c3ccc4cc5oc6ccccc6c5cc4c3)cc2)cc1. The van der Waals surface area contributed by atoms with E-state index in [1.54, 1.807) is 0 Å². The van der Waals surface area contributed by atoms with Gasteiger partial charge in [0.2, 0.25) is 0 Å². The first-order valence-electron chi connectivity index (χ1n) is 12.2. The van der Waals surface area contributed by atoms with E-state index in [0.29, 0.717) is 0 Å². The largest absolute Gasteiger partial charge is 0.456 e. The third kappa shape index (κ3) is 3.52. The summed E-state index contributed by atoms with van der Waals surface area (Å²) in [6.07, 6.45) is 0. The molecule has 0 saturated heterocycles. The van der Waals surface area contributed by atoms with Crippen LogP contribution >= 0.6 is 0 Å². The van der Waals surface area contributed by atoms with Crippen LogP contribution in [0.25, 0.3) is 43.8 Å². The zero-order chi connectivity index (χ0) is 23.9. The van der Waals surface area contributed by atoms with E-state index < -0.39 is 0 Å². The molecule has 7 rings (SSSR count). The van der Waals surface area contributed by atoms with Gasteiger partial charge in [0.1, 0.15) is 11.2 Å². The Kier molecular flexibility index (Phi) is 4.82. The van der Waals surface area contributed by atoms with Gasteiger partial charge in [-0.25, -0.2) is 0 Å². The second-order valence-electron chi connectivity index (χ2n) is 9.06. The van der Waals surface area contributed by atoms with Crippen LogP contribution in [0.1, 0.15) is 0 Å². The average Bonchev–Trinajstić information content (AvgIpc) is 3.31. The van der Waals surface area contributed by atoms with Gasteiger partial charge in [-0.15, -0.1) is 0 Å². The molecule has 0 atom stereocenters. The van der Waals surface area contributed by atoms with Gasteiger partial charge in [-0.05, 0) is 76.5 Å². The molecule has 0 aliphatic carbocycles. The molecule has 0 unspecified atom stereocenters. The highest BCUT2D eigenvalue weighted by molar-refractivity contribution is 6.10. The highest BCUT2D eigenvalue weighted by Crippen LogP contribution is 2.38. The fraction of sp³-hybridized carbons (Fsp3) is 0. The third-order valence-electron chi connectivity index (χ3n) is 6.82. The normalized spacial score (nSPS) is 11.3. The molecule has 1 heterocycles. The first kappa shape index (κ1) is 20.5. The summed E-state index contributed by atoms with van der Waals surface area (Å²) in [5, 5.41) is 4.65. The van der Waals surface area contributed by atoms with Crippen molar-refractivity contribution in [3.05, 3.63) is 140 Å². The average molecular weight is 462 g/mol. The Bertz CT molecular complexity index is 1820. The Morgan fingerprint density at radius 1 is 0.389 bits per heavy atom. The number of fused-ring (bicyclic) bond motifs is 4. The monoisotopic (exact) mass is 461 g/mol. The van der Waals surface area contributed by atoms with E-state index in [0.717, 1.165) is 44.4 Å². The van der Waals surface area contributed by atoms with Gasteiger partial charge in [0, 0.05) is 27.8 Å². The lowest BCUT2D eigenvalue weighted by molar-refractivity contribution is 0.669. The number of furan rings is 1. The van der Waals surface area contributed by atoms with Crippen molar-refractivity contribution in [3.63, 3.8) is 0 Å². The molecular weight excluding hydrogens is 438 g/mol. The number of nitrogens with zero attached hydrogens (tertiary/aromatic N) is 1. The molecule has 0 amide bonds. The molecule has 0 aliphatic heterocycles. The smallest absolute Gasteiger partial charge is 0.136 e. The van der Waals surface area contributed by atoms with Crippen LogP contribution in [0.2, 0.25) is 0 Å². The Labute approximate surface area is 209 Å². The van der Waals surface area contributed by atoms with Gasteiger partial charge in [0.15, 0.2) is 0 Å². The Hall–Kier alpha value is -4.82. The van der Waals surface area contributed by atoms with Crippen molar-refractivity contribution in [2.75, 3.05) is 4.90 Å². The molecule has 0 spiro atoms.